The van der Waals surface area contributed by atoms with Crippen molar-refractivity contribution in [2.45, 2.75) is 50.6 Å². The first-order valence-corrected chi connectivity index (χ1v) is 10.2. The monoisotopic (exact) mass is 380 g/mol. The van der Waals surface area contributed by atoms with Crippen molar-refractivity contribution in [3.63, 3.8) is 0 Å². The van der Waals surface area contributed by atoms with Gasteiger partial charge in [0.25, 0.3) is 0 Å². The Morgan fingerprint density at radius 1 is 1.07 bits per heavy atom. The number of fused-ring (bicyclic) bond motifs is 1. The van der Waals surface area contributed by atoms with Crippen molar-refractivity contribution in [1.29, 1.82) is 0 Å². The Hall–Kier alpha value is -2.53. The highest BCUT2D eigenvalue weighted by Crippen LogP contribution is 2.28. The summed E-state index contributed by atoms with van der Waals surface area (Å²) in [6, 6.07) is 13.2. The van der Waals surface area contributed by atoms with E-state index >= 15 is 0 Å². The largest absolute Gasteiger partial charge is 0.508 e. The normalized spacial score (nSPS) is 18.1. The lowest BCUT2D eigenvalue weighted by atomic mass is 9.99. The number of phenolic OH excluding ortho intramolecular Hbond substituents is 1. The molecular weight excluding hydrogens is 352 g/mol. The van der Waals surface area contributed by atoms with E-state index in [4.69, 9.17) is 0 Å². The summed E-state index contributed by atoms with van der Waals surface area (Å²) in [5, 5.41) is 22.4. The van der Waals surface area contributed by atoms with Crippen LogP contribution in [0.1, 0.15) is 36.0 Å². The molecule has 2 aromatic carbocycles. The number of hydrogen-bond donors (Lipinski definition) is 3. The third-order valence-electron chi connectivity index (χ3n) is 6.05. The fraction of sp³-hybridized carbons (Fsp3) is 0.435. The Labute approximate surface area is 166 Å². The Bertz CT molecular complexity index is 826. The number of nitrogens with one attached hydrogen (secondary N) is 1. The average Bonchev–Trinajstić information content (AvgIpc) is 3.17. The molecule has 1 aliphatic heterocycles. The maximum atomic E-state index is 11.7. The maximum absolute atomic E-state index is 11.7. The number of rotatable bonds is 6. The van der Waals surface area contributed by atoms with Crippen LogP contribution in [0.2, 0.25) is 0 Å². The van der Waals surface area contributed by atoms with Gasteiger partial charge in [-0.05, 0) is 79.5 Å². The molecule has 4 rings (SSSR count). The molecule has 1 saturated heterocycles. The van der Waals surface area contributed by atoms with Crippen molar-refractivity contribution in [3.05, 3.63) is 59.2 Å². The van der Waals surface area contributed by atoms with Gasteiger partial charge in [-0.2, -0.15) is 0 Å². The summed E-state index contributed by atoms with van der Waals surface area (Å²) in [5.41, 5.74) is 5.21. The molecule has 0 amide bonds. The van der Waals surface area contributed by atoms with E-state index in [1.807, 2.05) is 0 Å². The minimum absolute atomic E-state index is 0.197. The first-order chi connectivity index (χ1) is 13.6. The molecule has 0 unspecified atom stereocenters. The van der Waals surface area contributed by atoms with Crippen LogP contribution in [0.25, 0.3) is 0 Å². The van der Waals surface area contributed by atoms with Crippen LogP contribution in [0.15, 0.2) is 42.5 Å². The van der Waals surface area contributed by atoms with Gasteiger partial charge < -0.3 is 20.4 Å². The Morgan fingerprint density at radius 2 is 1.79 bits per heavy atom. The van der Waals surface area contributed by atoms with Crippen molar-refractivity contribution < 1.29 is 15.0 Å². The van der Waals surface area contributed by atoms with Gasteiger partial charge in [0, 0.05) is 24.8 Å². The first kappa shape index (κ1) is 18.8. The number of benzene rings is 2. The molecule has 0 spiro atoms. The van der Waals surface area contributed by atoms with Gasteiger partial charge in [0.05, 0.1) is 0 Å². The van der Waals surface area contributed by atoms with Crippen LogP contribution in [-0.4, -0.2) is 41.4 Å². The molecule has 0 bridgehead atoms. The van der Waals surface area contributed by atoms with Crippen LogP contribution >= 0.6 is 0 Å². The number of carbonyl (C=O) groups is 1. The Morgan fingerprint density at radius 3 is 2.50 bits per heavy atom. The lowest BCUT2D eigenvalue weighted by molar-refractivity contribution is -0.139. The second kappa shape index (κ2) is 8.23. The summed E-state index contributed by atoms with van der Waals surface area (Å²) in [7, 11) is 0. The van der Waals surface area contributed by atoms with E-state index in [0.717, 1.165) is 31.5 Å². The van der Waals surface area contributed by atoms with Gasteiger partial charge in [-0.3, -0.25) is 4.79 Å². The van der Waals surface area contributed by atoms with Gasteiger partial charge in [0.15, 0.2) is 0 Å². The van der Waals surface area contributed by atoms with E-state index in [-0.39, 0.29) is 11.8 Å². The number of carboxylic acids is 1. The summed E-state index contributed by atoms with van der Waals surface area (Å²) in [6.45, 7) is 1.89. The minimum Gasteiger partial charge on any atom is -0.508 e. The Balaban J connectivity index is 1.33. The SMILES string of the molecule is O=C(O)[C@H](Cc1ccc(O)cc1)NC1CCN(c2ccc3c(c2)CCC3)CC1. The summed E-state index contributed by atoms with van der Waals surface area (Å²) < 4.78 is 0. The molecule has 0 aromatic heterocycles. The molecule has 0 saturated carbocycles. The highest BCUT2D eigenvalue weighted by Gasteiger charge is 2.26. The lowest BCUT2D eigenvalue weighted by Crippen LogP contribution is -2.49. The molecular formula is C23H28N2O3. The highest BCUT2D eigenvalue weighted by atomic mass is 16.4. The van der Waals surface area contributed by atoms with Crippen LogP contribution in [0, 0.1) is 0 Å². The molecule has 3 N–H and O–H groups in total. The van der Waals surface area contributed by atoms with Crippen molar-refractivity contribution in [2.24, 2.45) is 0 Å². The summed E-state index contributed by atoms with van der Waals surface area (Å²) in [6.07, 6.45) is 5.97. The number of aromatic hydroxyl groups is 1. The van der Waals surface area contributed by atoms with Gasteiger partial charge in [-0.25, -0.2) is 0 Å². The molecule has 1 heterocycles. The van der Waals surface area contributed by atoms with Gasteiger partial charge in [-0.15, -0.1) is 0 Å². The van der Waals surface area contributed by atoms with Crippen molar-refractivity contribution >= 4 is 11.7 Å². The number of aliphatic carboxylic acids is 1. The molecule has 5 nitrogen and oxygen atoms in total. The van der Waals surface area contributed by atoms with E-state index < -0.39 is 12.0 Å². The maximum Gasteiger partial charge on any atom is 0.321 e. The lowest BCUT2D eigenvalue weighted by Gasteiger charge is -2.35. The number of nitrogens with zero attached hydrogens (tertiary/aromatic N) is 1. The Kier molecular flexibility index (Phi) is 5.53. The van der Waals surface area contributed by atoms with E-state index in [0.29, 0.717) is 6.42 Å². The standard InChI is InChI=1S/C23H28N2O3/c26-21-8-4-16(5-9-21)14-22(23(27)28)24-19-10-12-25(13-11-19)20-7-6-17-2-1-3-18(17)15-20/h4-9,15,19,22,24,26H,1-3,10-14H2,(H,27,28)/t22-/m0/s1. The topological polar surface area (TPSA) is 72.8 Å². The van der Waals surface area contributed by atoms with Gasteiger partial charge in [-0.1, -0.05) is 18.2 Å². The van der Waals surface area contributed by atoms with Crippen LogP contribution in [0.5, 0.6) is 5.75 Å². The third-order valence-corrected chi connectivity index (χ3v) is 6.05. The quantitative estimate of drug-likeness (QED) is 0.718. The number of hydrogen-bond acceptors (Lipinski definition) is 4. The van der Waals surface area contributed by atoms with Crippen LogP contribution in [0.3, 0.4) is 0 Å². The van der Waals surface area contributed by atoms with Gasteiger partial charge in [0.2, 0.25) is 0 Å². The van der Waals surface area contributed by atoms with Crippen LogP contribution < -0.4 is 10.2 Å². The van der Waals surface area contributed by atoms with Crippen molar-refractivity contribution in [2.75, 3.05) is 18.0 Å². The second-order valence-electron chi connectivity index (χ2n) is 8.00. The number of aryl methyl sites for hydroxylation is 2. The van der Waals surface area contributed by atoms with Gasteiger partial charge >= 0.3 is 5.97 Å². The van der Waals surface area contributed by atoms with E-state index in [1.54, 1.807) is 24.3 Å². The predicted molar refractivity (Wildman–Crippen MR) is 110 cm³/mol. The molecule has 2 aromatic rings. The van der Waals surface area contributed by atoms with E-state index in [1.165, 1.54) is 36.1 Å². The molecule has 0 radical (unpaired) electrons. The zero-order valence-corrected chi connectivity index (χ0v) is 16.1. The fourth-order valence-corrected chi connectivity index (χ4v) is 4.43. The number of phenols is 1. The molecule has 28 heavy (non-hydrogen) atoms. The summed E-state index contributed by atoms with van der Waals surface area (Å²) >= 11 is 0. The predicted octanol–water partition coefficient (Wildman–Crippen LogP) is 3.14. The number of anilines is 1. The smallest absolute Gasteiger partial charge is 0.321 e. The van der Waals surface area contributed by atoms with Gasteiger partial charge in [0.1, 0.15) is 11.8 Å². The van der Waals surface area contributed by atoms with Crippen LogP contribution in [0.4, 0.5) is 5.69 Å². The summed E-state index contributed by atoms with van der Waals surface area (Å²) in [4.78, 5) is 14.1. The fourth-order valence-electron chi connectivity index (χ4n) is 4.43. The molecule has 1 fully saturated rings. The van der Waals surface area contributed by atoms with Crippen molar-refractivity contribution in [1.82, 2.24) is 5.32 Å². The third kappa shape index (κ3) is 4.30. The zero-order valence-electron chi connectivity index (χ0n) is 16.1. The number of carboxylic acid groups (broad SMARTS) is 1. The molecule has 148 valence electrons. The highest BCUT2D eigenvalue weighted by molar-refractivity contribution is 5.74. The molecule has 5 heteroatoms. The first-order valence-electron chi connectivity index (χ1n) is 10.2. The van der Waals surface area contributed by atoms with E-state index in [2.05, 4.69) is 28.4 Å². The average molecular weight is 380 g/mol. The second-order valence-corrected chi connectivity index (χ2v) is 8.00. The summed E-state index contributed by atoms with van der Waals surface area (Å²) in [5.74, 6) is -0.628. The minimum atomic E-state index is -0.825. The molecule has 2 aliphatic rings. The van der Waals surface area contributed by atoms with Crippen LogP contribution in [-0.2, 0) is 24.1 Å². The number of piperidine rings is 1. The molecule has 1 aliphatic carbocycles. The van der Waals surface area contributed by atoms with E-state index in [9.17, 15) is 15.0 Å². The zero-order chi connectivity index (χ0) is 19.5. The van der Waals surface area contributed by atoms with Crippen molar-refractivity contribution in [3.8, 4) is 5.75 Å². The molecule has 1 atom stereocenters.